The van der Waals surface area contributed by atoms with Crippen molar-refractivity contribution >= 4 is 16.9 Å². The van der Waals surface area contributed by atoms with Gasteiger partial charge in [0.1, 0.15) is 12.4 Å². The predicted octanol–water partition coefficient (Wildman–Crippen LogP) is 2.64. The number of carbonyl (C=O) groups is 1. The second kappa shape index (κ2) is 6.70. The number of aromatic nitrogens is 2. The topological polar surface area (TPSA) is 90.7 Å². The van der Waals surface area contributed by atoms with Crippen molar-refractivity contribution in [1.29, 1.82) is 0 Å². The van der Waals surface area contributed by atoms with Gasteiger partial charge in [0.2, 0.25) is 0 Å². The van der Waals surface area contributed by atoms with Gasteiger partial charge in [0.25, 0.3) is 5.56 Å². The van der Waals surface area contributed by atoms with Crippen molar-refractivity contribution in [3.8, 4) is 11.4 Å². The molecule has 0 saturated carbocycles. The third-order valence-corrected chi connectivity index (χ3v) is 7.13. The van der Waals surface area contributed by atoms with Gasteiger partial charge in [-0.25, -0.2) is 14.2 Å². The monoisotopic (exact) mass is 436 g/mol. The Morgan fingerprint density at radius 2 is 2.09 bits per heavy atom. The molecule has 0 radical (unpaired) electrons. The van der Waals surface area contributed by atoms with Crippen molar-refractivity contribution in [3.63, 3.8) is 0 Å². The number of cyclic esters (lactones) is 1. The molecular weight excluding hydrogens is 415 g/mol. The molecule has 4 heterocycles. The maximum Gasteiger partial charge on any atom is 0.340 e. The zero-order valence-electron chi connectivity index (χ0n) is 17.7. The Morgan fingerprint density at radius 3 is 2.88 bits per heavy atom. The summed E-state index contributed by atoms with van der Waals surface area (Å²) in [6.45, 7) is 2.48. The summed E-state index contributed by atoms with van der Waals surface area (Å²) in [7, 11) is 1.66. The summed E-state index contributed by atoms with van der Waals surface area (Å²) in [5.74, 6) is -0.967. The number of carbonyl (C=O) groups excluding carboxylic acids is 1. The second-order valence-electron chi connectivity index (χ2n) is 8.76. The summed E-state index contributed by atoms with van der Waals surface area (Å²) < 4.78 is 26.8. The maximum atomic E-state index is 14.7. The molecule has 164 valence electrons. The van der Waals surface area contributed by atoms with Gasteiger partial charge in [-0.3, -0.25) is 4.79 Å². The number of benzene rings is 1. The van der Waals surface area contributed by atoms with E-state index in [0.29, 0.717) is 35.6 Å². The molecule has 8 heteroatoms. The molecule has 0 saturated heterocycles. The number of rotatable bonds is 2. The standard InChI is InChI=1S/C24H21FN2O5/c1-10-12-4-3-11(8-31-2)19-14-7-27-18(21(14)26-17(20(12)19)6-16(10)25)5-13-15(23(27)29)9-32-24(30)22(13)28/h5-6,11,22,28H,3-4,7-9H2,1-2H3. The van der Waals surface area contributed by atoms with Crippen molar-refractivity contribution in [1.82, 2.24) is 9.55 Å². The fourth-order valence-corrected chi connectivity index (χ4v) is 5.57. The summed E-state index contributed by atoms with van der Waals surface area (Å²) in [6.07, 6.45) is 0.0571. The number of fused-ring (bicyclic) bond motifs is 5. The SMILES string of the molecule is COCC1CCc2c(C)c(F)cc3nc4c(c1c23)Cn1c-4cc2c(c1=O)COC(=O)C2O. The Kier molecular flexibility index (Phi) is 4.10. The van der Waals surface area contributed by atoms with Gasteiger partial charge < -0.3 is 19.1 Å². The normalized spacial score (nSPS) is 20.7. The van der Waals surface area contributed by atoms with Crippen molar-refractivity contribution in [2.75, 3.05) is 13.7 Å². The molecule has 0 fully saturated rings. The third-order valence-electron chi connectivity index (χ3n) is 7.13. The van der Waals surface area contributed by atoms with E-state index >= 15 is 0 Å². The number of ether oxygens (including phenoxy) is 2. The molecule has 2 atom stereocenters. The van der Waals surface area contributed by atoms with Crippen LogP contribution in [-0.4, -0.2) is 34.3 Å². The minimum Gasteiger partial charge on any atom is -0.458 e. The Hall–Kier alpha value is -3.10. The highest BCUT2D eigenvalue weighted by molar-refractivity contribution is 5.93. The Balaban J connectivity index is 1.68. The molecule has 0 bridgehead atoms. The molecule has 0 amide bonds. The molecule has 1 N–H and O–H groups in total. The van der Waals surface area contributed by atoms with E-state index in [9.17, 15) is 19.1 Å². The fraction of sp³-hybridized carbons (Fsp3) is 0.375. The number of hydrogen-bond donors (Lipinski definition) is 1. The molecule has 7 nitrogen and oxygen atoms in total. The molecule has 2 unspecified atom stereocenters. The number of aliphatic hydroxyl groups excluding tert-OH is 1. The van der Waals surface area contributed by atoms with Gasteiger partial charge in [-0.15, -0.1) is 0 Å². The van der Waals surface area contributed by atoms with Crippen LogP contribution in [0.5, 0.6) is 0 Å². The van der Waals surface area contributed by atoms with Gasteiger partial charge in [0.05, 0.1) is 35.6 Å². The van der Waals surface area contributed by atoms with E-state index in [1.165, 1.54) is 6.07 Å². The van der Waals surface area contributed by atoms with E-state index < -0.39 is 12.1 Å². The average Bonchev–Trinajstić information content (AvgIpc) is 3.14. The van der Waals surface area contributed by atoms with E-state index in [0.717, 1.165) is 34.9 Å². The molecule has 0 spiro atoms. The van der Waals surface area contributed by atoms with Crippen molar-refractivity contribution < 1.29 is 23.8 Å². The highest BCUT2D eigenvalue weighted by Crippen LogP contribution is 2.45. The first-order valence-corrected chi connectivity index (χ1v) is 10.7. The van der Waals surface area contributed by atoms with Crippen LogP contribution in [0.1, 0.15) is 51.8 Å². The quantitative estimate of drug-likeness (QED) is 0.486. The molecule has 3 aliphatic rings. The highest BCUT2D eigenvalue weighted by Gasteiger charge is 2.37. The summed E-state index contributed by atoms with van der Waals surface area (Å²) in [6, 6.07) is 3.11. The second-order valence-corrected chi connectivity index (χ2v) is 8.76. The summed E-state index contributed by atoms with van der Waals surface area (Å²) >= 11 is 0. The van der Waals surface area contributed by atoms with Gasteiger partial charge in [-0.05, 0) is 42.5 Å². The first-order valence-electron chi connectivity index (χ1n) is 10.7. The van der Waals surface area contributed by atoms with Gasteiger partial charge in [0.15, 0.2) is 6.10 Å². The number of esters is 1. The van der Waals surface area contributed by atoms with Crippen molar-refractivity contribution in [3.05, 3.63) is 61.7 Å². The fourth-order valence-electron chi connectivity index (χ4n) is 5.57. The lowest BCUT2D eigenvalue weighted by atomic mass is 9.78. The summed E-state index contributed by atoms with van der Waals surface area (Å²) in [5.41, 5.74) is 5.49. The van der Waals surface area contributed by atoms with Crippen LogP contribution in [0.2, 0.25) is 0 Å². The van der Waals surface area contributed by atoms with Crippen LogP contribution < -0.4 is 5.56 Å². The van der Waals surface area contributed by atoms with Gasteiger partial charge in [-0.2, -0.15) is 0 Å². The smallest absolute Gasteiger partial charge is 0.340 e. The van der Waals surface area contributed by atoms with Crippen LogP contribution in [0.15, 0.2) is 16.9 Å². The molecule has 6 rings (SSSR count). The lowest BCUT2D eigenvalue weighted by Crippen LogP contribution is -2.32. The molecule has 2 aliphatic heterocycles. The van der Waals surface area contributed by atoms with Gasteiger partial charge in [0, 0.05) is 35.6 Å². The molecular formula is C24H21FN2O5. The minimum atomic E-state index is -1.51. The number of halogens is 1. The van der Waals surface area contributed by atoms with Gasteiger partial charge in [-0.1, -0.05) is 0 Å². The number of hydrogen-bond acceptors (Lipinski definition) is 6. The van der Waals surface area contributed by atoms with E-state index in [4.69, 9.17) is 14.5 Å². The third kappa shape index (κ3) is 2.45. The van der Waals surface area contributed by atoms with Crippen LogP contribution in [0, 0.1) is 12.7 Å². The number of nitrogens with zero attached hydrogens (tertiary/aromatic N) is 2. The van der Waals surface area contributed by atoms with E-state index in [1.54, 1.807) is 24.7 Å². The first-order chi connectivity index (χ1) is 15.4. The van der Waals surface area contributed by atoms with Crippen LogP contribution in [0.25, 0.3) is 22.3 Å². The number of methoxy groups -OCH3 is 1. The largest absolute Gasteiger partial charge is 0.458 e. The van der Waals surface area contributed by atoms with E-state index in [-0.39, 0.29) is 35.0 Å². The van der Waals surface area contributed by atoms with Crippen LogP contribution in [0.3, 0.4) is 0 Å². The van der Waals surface area contributed by atoms with Crippen LogP contribution in [-0.2, 0) is 33.8 Å². The Bertz CT molecular complexity index is 1410. The van der Waals surface area contributed by atoms with Crippen molar-refractivity contribution in [2.24, 2.45) is 0 Å². The predicted molar refractivity (Wildman–Crippen MR) is 113 cm³/mol. The minimum absolute atomic E-state index is 0.103. The van der Waals surface area contributed by atoms with Crippen molar-refractivity contribution in [2.45, 2.75) is 44.9 Å². The molecule has 3 aromatic rings. The molecule has 1 aliphatic carbocycles. The number of aliphatic hydroxyl groups is 1. The highest BCUT2D eigenvalue weighted by atomic mass is 19.1. The Labute approximate surface area is 182 Å². The number of aryl methyl sites for hydroxylation is 1. The zero-order chi connectivity index (χ0) is 22.3. The lowest BCUT2D eigenvalue weighted by Gasteiger charge is -2.28. The average molecular weight is 436 g/mol. The lowest BCUT2D eigenvalue weighted by molar-refractivity contribution is -0.157. The number of pyridine rings is 2. The van der Waals surface area contributed by atoms with Crippen LogP contribution in [0.4, 0.5) is 4.39 Å². The summed E-state index contributed by atoms with van der Waals surface area (Å²) in [5, 5.41) is 11.3. The van der Waals surface area contributed by atoms with Gasteiger partial charge >= 0.3 is 5.97 Å². The molecule has 2 aromatic heterocycles. The van der Waals surface area contributed by atoms with Crippen LogP contribution >= 0.6 is 0 Å². The Morgan fingerprint density at radius 1 is 1.28 bits per heavy atom. The first kappa shape index (κ1) is 19.6. The van der Waals surface area contributed by atoms with E-state index in [1.807, 2.05) is 0 Å². The zero-order valence-corrected chi connectivity index (χ0v) is 17.7. The molecule has 32 heavy (non-hydrogen) atoms. The summed E-state index contributed by atoms with van der Waals surface area (Å²) in [4.78, 5) is 29.9. The molecule has 1 aromatic carbocycles. The van der Waals surface area contributed by atoms with E-state index in [2.05, 4.69) is 0 Å². The maximum absolute atomic E-state index is 14.7.